The molecule has 0 aliphatic carbocycles. The molecule has 10 heteroatoms. The molecular weight excluding hydrogens is 290 g/mol. The van der Waals surface area contributed by atoms with Crippen LogP contribution in [0.3, 0.4) is 0 Å². The molecule has 1 aliphatic heterocycles. The predicted octanol–water partition coefficient (Wildman–Crippen LogP) is -1.85. The van der Waals surface area contributed by atoms with Crippen LogP contribution in [0.2, 0.25) is 0 Å². The Hall–Kier alpha value is -1.84. The maximum absolute atomic E-state index is 11.9. The molecular formula is C10H17N3O6S. The van der Waals surface area contributed by atoms with Crippen molar-refractivity contribution < 1.29 is 27.9 Å². The molecule has 0 aromatic carbocycles. The van der Waals surface area contributed by atoms with Crippen LogP contribution in [-0.2, 0) is 19.4 Å². The summed E-state index contributed by atoms with van der Waals surface area (Å²) >= 11 is 0. The van der Waals surface area contributed by atoms with Crippen molar-refractivity contribution in [3.63, 3.8) is 0 Å². The number of hydrogen-bond acceptors (Lipinski definition) is 5. The number of nitrogens with two attached hydrogens (primary N) is 1. The van der Waals surface area contributed by atoms with Crippen LogP contribution in [0.4, 0.5) is 4.79 Å². The number of nitrogens with one attached hydrogen (secondary N) is 1. The van der Waals surface area contributed by atoms with E-state index in [2.05, 4.69) is 5.32 Å². The van der Waals surface area contributed by atoms with Crippen molar-refractivity contribution in [3.8, 4) is 0 Å². The quantitative estimate of drug-likeness (QED) is 0.555. The number of rotatable bonds is 4. The molecule has 0 radical (unpaired) electrons. The molecule has 4 N–H and O–H groups in total. The van der Waals surface area contributed by atoms with Crippen molar-refractivity contribution in [1.82, 2.24) is 10.2 Å². The Balaban J connectivity index is 2.64. The Kier molecular flexibility index (Phi) is 5.31. The predicted molar refractivity (Wildman–Crippen MR) is 68.6 cm³/mol. The Morgan fingerprint density at radius 1 is 1.25 bits per heavy atom. The first-order chi connectivity index (χ1) is 9.21. The second-order valence-corrected chi connectivity index (χ2v) is 6.81. The molecule has 1 rings (SSSR count). The molecule has 1 atom stereocenters. The van der Waals surface area contributed by atoms with Crippen molar-refractivity contribution in [2.75, 3.05) is 24.6 Å². The van der Waals surface area contributed by atoms with Crippen LogP contribution in [0.5, 0.6) is 0 Å². The molecule has 0 aromatic rings. The molecule has 0 bridgehead atoms. The maximum Gasteiger partial charge on any atom is 0.326 e. The molecule has 1 fully saturated rings. The number of sulfone groups is 1. The van der Waals surface area contributed by atoms with E-state index in [0.29, 0.717) is 6.42 Å². The third-order valence-electron chi connectivity index (χ3n) is 2.84. The highest BCUT2D eigenvalue weighted by molar-refractivity contribution is 7.91. The van der Waals surface area contributed by atoms with Crippen LogP contribution < -0.4 is 11.1 Å². The smallest absolute Gasteiger partial charge is 0.326 e. The lowest BCUT2D eigenvalue weighted by Crippen LogP contribution is -2.49. The Morgan fingerprint density at radius 3 is 2.45 bits per heavy atom. The number of carbonyl (C=O) groups excluding carboxylic acids is 2. The van der Waals surface area contributed by atoms with Crippen molar-refractivity contribution >= 4 is 27.7 Å². The number of aliphatic carboxylic acids is 1. The van der Waals surface area contributed by atoms with E-state index in [1.54, 1.807) is 0 Å². The Labute approximate surface area is 116 Å². The van der Waals surface area contributed by atoms with Crippen LogP contribution in [0.25, 0.3) is 0 Å². The number of urea groups is 1. The second kappa shape index (κ2) is 6.55. The van der Waals surface area contributed by atoms with Crippen molar-refractivity contribution in [1.29, 1.82) is 0 Å². The largest absolute Gasteiger partial charge is 0.480 e. The zero-order valence-corrected chi connectivity index (χ0v) is 11.6. The first-order valence-corrected chi connectivity index (χ1v) is 7.80. The molecule has 0 aromatic heterocycles. The number of carboxylic acids is 1. The zero-order valence-electron chi connectivity index (χ0n) is 10.7. The van der Waals surface area contributed by atoms with Gasteiger partial charge in [-0.1, -0.05) is 0 Å². The normalized spacial score (nSPS) is 19.7. The third-order valence-corrected chi connectivity index (χ3v) is 4.56. The average molecular weight is 307 g/mol. The fourth-order valence-electron chi connectivity index (χ4n) is 1.78. The van der Waals surface area contributed by atoms with E-state index in [9.17, 15) is 22.8 Å². The van der Waals surface area contributed by atoms with Crippen molar-refractivity contribution in [2.45, 2.75) is 18.9 Å². The Morgan fingerprint density at radius 2 is 1.90 bits per heavy atom. The summed E-state index contributed by atoms with van der Waals surface area (Å²) in [5.74, 6) is -2.38. The summed E-state index contributed by atoms with van der Waals surface area (Å²) < 4.78 is 22.8. The maximum atomic E-state index is 11.9. The van der Waals surface area contributed by atoms with Gasteiger partial charge in [-0.25, -0.2) is 18.0 Å². The minimum atomic E-state index is -3.16. The molecule has 9 nitrogen and oxygen atoms in total. The van der Waals surface area contributed by atoms with Crippen molar-refractivity contribution in [3.05, 3.63) is 0 Å². The molecule has 1 heterocycles. The monoisotopic (exact) mass is 307 g/mol. The van der Waals surface area contributed by atoms with Gasteiger partial charge in [0.1, 0.15) is 6.04 Å². The molecule has 3 amide bonds. The summed E-state index contributed by atoms with van der Waals surface area (Å²) in [4.78, 5) is 34.7. The van der Waals surface area contributed by atoms with E-state index in [0.717, 1.165) is 0 Å². The fourth-order valence-corrected chi connectivity index (χ4v) is 3.05. The number of carboxylic acid groups (broad SMARTS) is 1. The van der Waals surface area contributed by atoms with Gasteiger partial charge in [0.2, 0.25) is 5.91 Å². The molecule has 0 saturated carbocycles. The molecule has 1 aliphatic rings. The molecule has 20 heavy (non-hydrogen) atoms. The topological polar surface area (TPSA) is 147 Å². The van der Waals surface area contributed by atoms with E-state index in [1.165, 1.54) is 4.90 Å². The van der Waals surface area contributed by atoms with Gasteiger partial charge in [-0.3, -0.25) is 4.79 Å². The van der Waals surface area contributed by atoms with E-state index in [-0.39, 0.29) is 24.6 Å². The number of carbonyl (C=O) groups is 3. The zero-order chi connectivity index (χ0) is 15.3. The molecule has 0 unspecified atom stereocenters. The Bertz CT molecular complexity index is 503. The van der Waals surface area contributed by atoms with Gasteiger partial charge in [0.05, 0.1) is 17.9 Å². The van der Waals surface area contributed by atoms with Crippen LogP contribution in [-0.4, -0.2) is 67.0 Å². The number of nitrogens with zero attached hydrogens (tertiary/aromatic N) is 1. The van der Waals surface area contributed by atoms with Gasteiger partial charge in [-0.15, -0.1) is 0 Å². The molecule has 0 spiro atoms. The minimum Gasteiger partial charge on any atom is -0.480 e. The summed E-state index contributed by atoms with van der Waals surface area (Å²) in [5, 5.41) is 11.0. The SMILES string of the molecule is NC(=O)C[C@H](NC(=O)N1CCCS(=O)(=O)CC1)C(=O)O. The van der Waals surface area contributed by atoms with Gasteiger partial charge >= 0.3 is 12.0 Å². The first-order valence-electron chi connectivity index (χ1n) is 5.98. The van der Waals surface area contributed by atoms with E-state index in [4.69, 9.17) is 10.8 Å². The van der Waals surface area contributed by atoms with Gasteiger partial charge in [0.15, 0.2) is 9.84 Å². The standard InChI is InChI=1S/C10H17N3O6S/c11-8(14)6-7(9(15)16)12-10(17)13-2-1-4-20(18,19)5-3-13/h7H,1-6H2,(H2,11,14)(H,12,17)(H,15,16)/t7-/m0/s1. The minimum absolute atomic E-state index is 0.000422. The molecule has 114 valence electrons. The highest BCUT2D eigenvalue weighted by Gasteiger charge is 2.27. The number of primary amides is 1. The van der Waals surface area contributed by atoms with Gasteiger partial charge < -0.3 is 21.1 Å². The number of amides is 3. The summed E-state index contributed by atoms with van der Waals surface area (Å²) in [7, 11) is -3.16. The van der Waals surface area contributed by atoms with Crippen LogP contribution in [0.15, 0.2) is 0 Å². The summed E-state index contributed by atoms with van der Waals surface area (Å²) in [6.45, 7) is 0.213. The van der Waals surface area contributed by atoms with E-state index < -0.39 is 40.2 Å². The van der Waals surface area contributed by atoms with Gasteiger partial charge in [0.25, 0.3) is 0 Å². The van der Waals surface area contributed by atoms with Crippen molar-refractivity contribution in [2.24, 2.45) is 5.73 Å². The first kappa shape index (κ1) is 16.2. The summed E-state index contributed by atoms with van der Waals surface area (Å²) in [6, 6.07) is -2.13. The van der Waals surface area contributed by atoms with Gasteiger partial charge in [-0.05, 0) is 6.42 Å². The van der Waals surface area contributed by atoms with Crippen LogP contribution >= 0.6 is 0 Å². The lowest BCUT2D eigenvalue weighted by atomic mass is 10.2. The highest BCUT2D eigenvalue weighted by atomic mass is 32.2. The summed E-state index contributed by atoms with van der Waals surface area (Å²) in [6.07, 6.45) is -0.226. The lowest BCUT2D eigenvalue weighted by molar-refractivity contribution is -0.140. The second-order valence-electron chi connectivity index (χ2n) is 4.50. The summed E-state index contributed by atoms with van der Waals surface area (Å²) in [5.41, 5.74) is 4.90. The third kappa shape index (κ3) is 5.03. The lowest BCUT2D eigenvalue weighted by Gasteiger charge is -2.22. The van der Waals surface area contributed by atoms with Gasteiger partial charge in [-0.2, -0.15) is 0 Å². The molecule has 1 saturated heterocycles. The average Bonchev–Trinajstić information content (AvgIpc) is 2.48. The van der Waals surface area contributed by atoms with Crippen LogP contribution in [0, 0.1) is 0 Å². The highest BCUT2D eigenvalue weighted by Crippen LogP contribution is 2.06. The van der Waals surface area contributed by atoms with Crippen LogP contribution in [0.1, 0.15) is 12.8 Å². The van der Waals surface area contributed by atoms with E-state index in [1.807, 2.05) is 0 Å². The van der Waals surface area contributed by atoms with Gasteiger partial charge in [0, 0.05) is 13.1 Å². The fraction of sp³-hybridized carbons (Fsp3) is 0.700. The number of hydrogen-bond donors (Lipinski definition) is 3. The van der Waals surface area contributed by atoms with E-state index >= 15 is 0 Å².